The van der Waals surface area contributed by atoms with Crippen LogP contribution in [0.4, 0.5) is 11.5 Å². The molecule has 0 saturated carbocycles. The second-order valence-corrected chi connectivity index (χ2v) is 7.17. The van der Waals surface area contributed by atoms with E-state index in [4.69, 9.17) is 0 Å². The number of pyridine rings is 1. The Morgan fingerprint density at radius 2 is 1.88 bits per heavy atom. The Balaban J connectivity index is 2.21. The number of Topliss-reactive ketones (excluding diaryl/α,β-unsaturated/α-hetero) is 1. The van der Waals surface area contributed by atoms with E-state index < -0.39 is 10.0 Å². The Hall–Kier alpha value is -2.25. The zero-order valence-electron chi connectivity index (χ0n) is 14.0. The third-order valence-corrected chi connectivity index (χ3v) is 5.65. The van der Waals surface area contributed by atoms with E-state index in [9.17, 15) is 13.2 Å². The Morgan fingerprint density at radius 3 is 2.42 bits per heavy atom. The van der Waals surface area contributed by atoms with Crippen molar-refractivity contribution in [3.05, 3.63) is 48.2 Å². The predicted molar refractivity (Wildman–Crippen MR) is 94.1 cm³/mol. The van der Waals surface area contributed by atoms with E-state index in [0.717, 1.165) is 5.69 Å². The molecule has 2 aromatic rings. The number of benzene rings is 1. The Morgan fingerprint density at radius 1 is 1.17 bits per heavy atom. The van der Waals surface area contributed by atoms with Gasteiger partial charge >= 0.3 is 0 Å². The highest BCUT2D eigenvalue weighted by molar-refractivity contribution is 7.89. The molecule has 6 nitrogen and oxygen atoms in total. The summed E-state index contributed by atoms with van der Waals surface area (Å²) in [5.74, 6) is 0.487. The van der Waals surface area contributed by atoms with Gasteiger partial charge in [-0.2, -0.15) is 4.31 Å². The molecule has 1 N–H and O–H groups in total. The van der Waals surface area contributed by atoms with Crippen molar-refractivity contribution in [2.45, 2.75) is 25.7 Å². The molecule has 0 atom stereocenters. The molecule has 0 aliphatic rings. The topological polar surface area (TPSA) is 79.4 Å². The first-order chi connectivity index (χ1) is 11.4. The maximum absolute atomic E-state index is 12.4. The quantitative estimate of drug-likeness (QED) is 0.779. The number of carbonyl (C=O) groups is 1. The fourth-order valence-corrected chi connectivity index (χ4v) is 3.69. The lowest BCUT2D eigenvalue weighted by molar-refractivity contribution is 0.101. The number of nitrogens with zero attached hydrogens (tertiary/aromatic N) is 2. The van der Waals surface area contributed by atoms with Gasteiger partial charge in [-0.15, -0.1) is 0 Å². The molecular formula is C17H21N3O3S. The molecule has 0 amide bonds. The molecule has 0 saturated heterocycles. The molecule has 0 bridgehead atoms. The molecule has 1 heterocycles. The number of ketones is 1. The third kappa shape index (κ3) is 3.98. The summed E-state index contributed by atoms with van der Waals surface area (Å²) in [4.78, 5) is 15.7. The molecule has 2 rings (SSSR count). The molecular weight excluding hydrogens is 326 g/mol. The average molecular weight is 347 g/mol. The zero-order chi connectivity index (χ0) is 17.7. The molecule has 0 aliphatic carbocycles. The minimum absolute atomic E-state index is 0.0210. The summed E-state index contributed by atoms with van der Waals surface area (Å²) in [5.41, 5.74) is 1.32. The first-order valence-electron chi connectivity index (χ1n) is 7.72. The van der Waals surface area contributed by atoms with E-state index in [1.54, 1.807) is 38.1 Å². The summed E-state index contributed by atoms with van der Waals surface area (Å²) in [7, 11) is -3.51. The van der Waals surface area contributed by atoms with Gasteiger partial charge in [0.25, 0.3) is 0 Å². The number of hydrogen-bond acceptors (Lipinski definition) is 5. The summed E-state index contributed by atoms with van der Waals surface area (Å²) in [6.07, 6.45) is 1.34. The van der Waals surface area contributed by atoms with Crippen LogP contribution in [0, 0.1) is 0 Å². The lowest BCUT2D eigenvalue weighted by atomic mass is 10.1. The van der Waals surface area contributed by atoms with Crippen LogP contribution in [0.3, 0.4) is 0 Å². The summed E-state index contributed by atoms with van der Waals surface area (Å²) in [6.45, 7) is 5.93. The average Bonchev–Trinajstić information content (AvgIpc) is 2.56. The maximum Gasteiger partial charge on any atom is 0.244 e. The number of aromatic nitrogens is 1. The van der Waals surface area contributed by atoms with Crippen molar-refractivity contribution in [2.75, 3.05) is 18.4 Å². The number of nitrogens with one attached hydrogen (secondary N) is 1. The first-order valence-corrected chi connectivity index (χ1v) is 9.16. The number of carbonyl (C=O) groups excluding carboxylic acids is 1. The fraction of sp³-hybridized carbons (Fsp3) is 0.294. The number of anilines is 2. The number of hydrogen-bond donors (Lipinski definition) is 1. The molecule has 7 heteroatoms. The monoisotopic (exact) mass is 347 g/mol. The van der Waals surface area contributed by atoms with Crippen LogP contribution in [-0.2, 0) is 10.0 Å². The summed E-state index contributed by atoms with van der Waals surface area (Å²) in [5, 5.41) is 3.06. The van der Waals surface area contributed by atoms with Gasteiger partial charge in [0, 0.05) is 30.5 Å². The normalized spacial score (nSPS) is 11.5. The highest BCUT2D eigenvalue weighted by Crippen LogP contribution is 2.19. The molecule has 24 heavy (non-hydrogen) atoms. The number of sulfonamides is 1. The van der Waals surface area contributed by atoms with E-state index in [-0.39, 0.29) is 10.7 Å². The Bertz CT molecular complexity index is 813. The van der Waals surface area contributed by atoms with Crippen molar-refractivity contribution < 1.29 is 13.2 Å². The second kappa shape index (κ2) is 7.55. The lowest BCUT2D eigenvalue weighted by Gasteiger charge is -2.18. The van der Waals surface area contributed by atoms with Crippen LogP contribution >= 0.6 is 0 Å². The smallest absolute Gasteiger partial charge is 0.244 e. The van der Waals surface area contributed by atoms with Gasteiger partial charge in [0.15, 0.2) is 5.78 Å². The van der Waals surface area contributed by atoms with Crippen LogP contribution in [0.5, 0.6) is 0 Å². The van der Waals surface area contributed by atoms with Crippen LogP contribution in [0.25, 0.3) is 0 Å². The molecule has 0 fully saturated rings. The molecule has 0 unspecified atom stereocenters. The van der Waals surface area contributed by atoms with Gasteiger partial charge in [-0.25, -0.2) is 13.4 Å². The second-order valence-electron chi connectivity index (χ2n) is 5.23. The van der Waals surface area contributed by atoms with Gasteiger partial charge in [0.1, 0.15) is 10.7 Å². The van der Waals surface area contributed by atoms with Crippen molar-refractivity contribution in [3.8, 4) is 0 Å². The van der Waals surface area contributed by atoms with Crippen molar-refractivity contribution in [2.24, 2.45) is 0 Å². The minimum Gasteiger partial charge on any atom is -0.340 e. The van der Waals surface area contributed by atoms with Gasteiger partial charge in [0.2, 0.25) is 10.0 Å². The third-order valence-electron chi connectivity index (χ3n) is 3.62. The van der Waals surface area contributed by atoms with E-state index >= 15 is 0 Å². The highest BCUT2D eigenvalue weighted by atomic mass is 32.2. The van der Waals surface area contributed by atoms with Crippen molar-refractivity contribution in [1.82, 2.24) is 9.29 Å². The van der Waals surface area contributed by atoms with Crippen molar-refractivity contribution >= 4 is 27.3 Å². The summed E-state index contributed by atoms with van der Waals surface area (Å²) >= 11 is 0. The lowest BCUT2D eigenvalue weighted by Crippen LogP contribution is -2.30. The minimum atomic E-state index is -3.51. The van der Waals surface area contributed by atoms with Gasteiger partial charge in [0.05, 0.1) is 0 Å². The largest absolute Gasteiger partial charge is 0.340 e. The van der Waals surface area contributed by atoms with Crippen molar-refractivity contribution in [1.29, 1.82) is 0 Å². The maximum atomic E-state index is 12.4. The summed E-state index contributed by atoms with van der Waals surface area (Å²) < 4.78 is 26.2. The van der Waals surface area contributed by atoms with Gasteiger partial charge in [-0.05, 0) is 31.2 Å². The molecule has 0 spiro atoms. The van der Waals surface area contributed by atoms with Crippen LogP contribution < -0.4 is 5.32 Å². The van der Waals surface area contributed by atoms with Crippen LogP contribution in [0.1, 0.15) is 31.1 Å². The van der Waals surface area contributed by atoms with E-state index in [1.807, 2.05) is 6.07 Å². The Kier molecular flexibility index (Phi) is 5.69. The van der Waals surface area contributed by atoms with E-state index in [2.05, 4.69) is 10.3 Å². The standard InChI is InChI=1S/C17H21N3O3S/c1-4-20(5-2)24(22,23)16-9-10-17(18-12-16)19-15-8-6-7-14(11-15)13(3)21/h6-12H,4-5H2,1-3H3,(H,18,19). The predicted octanol–water partition coefficient (Wildman–Crippen LogP) is 3.06. The number of rotatable bonds is 7. The fourth-order valence-electron chi connectivity index (χ4n) is 2.28. The van der Waals surface area contributed by atoms with Gasteiger partial charge in [-0.1, -0.05) is 26.0 Å². The van der Waals surface area contributed by atoms with Gasteiger partial charge < -0.3 is 5.32 Å². The van der Waals surface area contributed by atoms with E-state index in [0.29, 0.717) is 24.5 Å². The van der Waals surface area contributed by atoms with Gasteiger partial charge in [-0.3, -0.25) is 4.79 Å². The van der Waals surface area contributed by atoms with Crippen LogP contribution in [-0.4, -0.2) is 36.6 Å². The highest BCUT2D eigenvalue weighted by Gasteiger charge is 2.21. The molecule has 128 valence electrons. The SMILES string of the molecule is CCN(CC)S(=O)(=O)c1ccc(Nc2cccc(C(C)=O)c2)nc1. The van der Waals surface area contributed by atoms with E-state index in [1.165, 1.54) is 23.5 Å². The zero-order valence-corrected chi connectivity index (χ0v) is 14.8. The molecule has 1 aromatic heterocycles. The molecule has 0 aliphatic heterocycles. The van der Waals surface area contributed by atoms with Crippen LogP contribution in [0.2, 0.25) is 0 Å². The van der Waals surface area contributed by atoms with Crippen LogP contribution in [0.15, 0.2) is 47.5 Å². The molecule has 1 aromatic carbocycles. The summed E-state index contributed by atoms with van der Waals surface area (Å²) in [6, 6.07) is 10.2. The Labute approximate surface area is 142 Å². The van der Waals surface area contributed by atoms with Crippen molar-refractivity contribution in [3.63, 3.8) is 0 Å². The molecule has 0 radical (unpaired) electrons. The first kappa shape index (κ1) is 18.1.